The van der Waals surface area contributed by atoms with Crippen LogP contribution in [0.1, 0.15) is 41.0 Å². The highest BCUT2D eigenvalue weighted by Gasteiger charge is 2.27. The molecule has 1 unspecified atom stereocenters. The van der Waals surface area contributed by atoms with Crippen molar-refractivity contribution in [1.29, 1.82) is 0 Å². The number of rotatable bonds is 3. The van der Waals surface area contributed by atoms with Gasteiger partial charge in [0.2, 0.25) is 5.91 Å². The average Bonchev–Trinajstić information content (AvgIpc) is 2.01. The highest BCUT2D eigenvalue weighted by atomic mass is 16.2. The summed E-state index contributed by atoms with van der Waals surface area (Å²) in [6, 6.07) is -0.220. The van der Waals surface area contributed by atoms with Gasteiger partial charge in [0, 0.05) is 6.04 Å². The minimum absolute atomic E-state index is 0.0538. The van der Waals surface area contributed by atoms with Gasteiger partial charge in [-0.3, -0.25) is 4.79 Å². The molecule has 2 atom stereocenters. The maximum absolute atomic E-state index is 11.5. The summed E-state index contributed by atoms with van der Waals surface area (Å²) >= 11 is 0. The second kappa shape index (κ2) is 4.61. The zero-order chi connectivity index (χ0) is 10.6. The molecule has 3 heteroatoms. The molecule has 78 valence electrons. The summed E-state index contributed by atoms with van der Waals surface area (Å²) < 4.78 is 0. The molecule has 0 fully saturated rings. The van der Waals surface area contributed by atoms with Crippen molar-refractivity contribution in [1.82, 2.24) is 5.32 Å². The van der Waals surface area contributed by atoms with Gasteiger partial charge in [-0.15, -0.1) is 0 Å². The number of amides is 1. The number of hydrogen-bond donors (Lipinski definition) is 2. The van der Waals surface area contributed by atoms with E-state index in [9.17, 15) is 4.79 Å². The van der Waals surface area contributed by atoms with Crippen LogP contribution in [-0.4, -0.2) is 18.0 Å². The van der Waals surface area contributed by atoms with Crippen LogP contribution in [0.5, 0.6) is 0 Å². The third kappa shape index (κ3) is 4.27. The lowest BCUT2D eigenvalue weighted by molar-refractivity contribution is -0.125. The molecule has 0 aromatic rings. The smallest absolute Gasteiger partial charge is 0.237 e. The molecule has 0 aliphatic rings. The Balaban J connectivity index is 4.12. The quantitative estimate of drug-likeness (QED) is 0.697. The van der Waals surface area contributed by atoms with E-state index in [0.717, 1.165) is 6.42 Å². The number of carbonyl (C=O) groups is 1. The lowest BCUT2D eigenvalue weighted by Gasteiger charge is -2.27. The van der Waals surface area contributed by atoms with Crippen molar-refractivity contribution in [2.24, 2.45) is 11.1 Å². The SMILES string of the molecule is CCC(C)NC(=O)[C@@H](N)C(C)(C)C. The zero-order valence-electron chi connectivity index (χ0n) is 9.35. The number of nitrogens with one attached hydrogen (secondary N) is 1. The molecule has 3 N–H and O–H groups in total. The van der Waals surface area contributed by atoms with Crippen molar-refractivity contribution < 1.29 is 4.79 Å². The van der Waals surface area contributed by atoms with Gasteiger partial charge >= 0.3 is 0 Å². The van der Waals surface area contributed by atoms with Crippen LogP contribution in [0.4, 0.5) is 0 Å². The molecule has 0 saturated carbocycles. The van der Waals surface area contributed by atoms with Gasteiger partial charge in [-0.05, 0) is 18.8 Å². The second-order valence-electron chi connectivity index (χ2n) is 4.66. The van der Waals surface area contributed by atoms with Crippen LogP contribution in [0.25, 0.3) is 0 Å². The maximum Gasteiger partial charge on any atom is 0.237 e. The van der Waals surface area contributed by atoms with Crippen LogP contribution in [0, 0.1) is 5.41 Å². The van der Waals surface area contributed by atoms with Crippen LogP contribution < -0.4 is 11.1 Å². The van der Waals surface area contributed by atoms with E-state index in [0.29, 0.717) is 0 Å². The number of carbonyl (C=O) groups excluding carboxylic acids is 1. The highest BCUT2D eigenvalue weighted by Crippen LogP contribution is 2.17. The minimum Gasteiger partial charge on any atom is -0.352 e. The van der Waals surface area contributed by atoms with E-state index in [4.69, 9.17) is 5.73 Å². The molecule has 0 heterocycles. The summed E-state index contributed by atoms with van der Waals surface area (Å²) in [5, 5.41) is 2.87. The maximum atomic E-state index is 11.5. The summed E-state index contributed by atoms with van der Waals surface area (Å²) in [4.78, 5) is 11.5. The van der Waals surface area contributed by atoms with E-state index < -0.39 is 6.04 Å². The van der Waals surface area contributed by atoms with Crippen LogP contribution in [0.15, 0.2) is 0 Å². The van der Waals surface area contributed by atoms with Crippen LogP contribution in [-0.2, 0) is 4.79 Å². The van der Waals surface area contributed by atoms with Gasteiger partial charge in [0.1, 0.15) is 0 Å². The Morgan fingerprint density at radius 3 is 2.23 bits per heavy atom. The molecule has 13 heavy (non-hydrogen) atoms. The first-order valence-corrected chi connectivity index (χ1v) is 4.85. The van der Waals surface area contributed by atoms with E-state index in [1.54, 1.807) is 0 Å². The second-order valence-corrected chi connectivity index (χ2v) is 4.66. The molecule has 3 nitrogen and oxygen atoms in total. The average molecular weight is 186 g/mol. The zero-order valence-corrected chi connectivity index (χ0v) is 9.35. The molecular weight excluding hydrogens is 164 g/mol. The molecule has 1 amide bonds. The molecule has 0 radical (unpaired) electrons. The first kappa shape index (κ1) is 12.4. The fraction of sp³-hybridized carbons (Fsp3) is 0.900. The lowest BCUT2D eigenvalue weighted by Crippen LogP contribution is -2.50. The van der Waals surface area contributed by atoms with Crippen LogP contribution in [0.2, 0.25) is 0 Å². The van der Waals surface area contributed by atoms with Crippen LogP contribution in [0.3, 0.4) is 0 Å². The minimum atomic E-state index is -0.429. The molecule has 0 aromatic carbocycles. The fourth-order valence-corrected chi connectivity index (χ4v) is 0.828. The Bertz CT molecular complexity index is 172. The molecule has 0 spiro atoms. The monoisotopic (exact) mass is 186 g/mol. The topological polar surface area (TPSA) is 55.1 Å². The molecule has 0 saturated heterocycles. The number of hydrogen-bond acceptors (Lipinski definition) is 2. The van der Waals surface area contributed by atoms with Gasteiger partial charge in [-0.1, -0.05) is 27.7 Å². The Morgan fingerprint density at radius 2 is 1.92 bits per heavy atom. The Kier molecular flexibility index (Phi) is 4.40. The van der Waals surface area contributed by atoms with E-state index in [1.165, 1.54) is 0 Å². The molecule has 0 rings (SSSR count). The van der Waals surface area contributed by atoms with E-state index in [-0.39, 0.29) is 17.4 Å². The molecule has 0 aromatic heterocycles. The molecular formula is C10H22N2O. The van der Waals surface area contributed by atoms with Crippen molar-refractivity contribution in [2.45, 2.75) is 53.1 Å². The normalized spacial score (nSPS) is 16.5. The van der Waals surface area contributed by atoms with E-state index >= 15 is 0 Å². The highest BCUT2D eigenvalue weighted by molar-refractivity contribution is 5.82. The largest absolute Gasteiger partial charge is 0.352 e. The number of nitrogens with two attached hydrogens (primary N) is 1. The molecule has 0 aliphatic heterocycles. The van der Waals surface area contributed by atoms with Gasteiger partial charge < -0.3 is 11.1 Å². The van der Waals surface area contributed by atoms with Crippen molar-refractivity contribution in [2.75, 3.05) is 0 Å². The Morgan fingerprint density at radius 1 is 1.46 bits per heavy atom. The van der Waals surface area contributed by atoms with Gasteiger partial charge in [-0.25, -0.2) is 0 Å². The fourth-order valence-electron chi connectivity index (χ4n) is 0.828. The third-order valence-electron chi connectivity index (χ3n) is 2.22. The summed E-state index contributed by atoms with van der Waals surface area (Å²) in [5.41, 5.74) is 5.62. The van der Waals surface area contributed by atoms with Gasteiger partial charge in [0.15, 0.2) is 0 Å². The first-order valence-electron chi connectivity index (χ1n) is 4.85. The van der Waals surface area contributed by atoms with Crippen molar-refractivity contribution in [3.8, 4) is 0 Å². The van der Waals surface area contributed by atoms with E-state index in [1.807, 2.05) is 34.6 Å². The first-order chi connectivity index (χ1) is 5.79. The van der Waals surface area contributed by atoms with Crippen molar-refractivity contribution in [3.05, 3.63) is 0 Å². The van der Waals surface area contributed by atoms with Gasteiger partial charge in [0.25, 0.3) is 0 Å². The molecule has 0 bridgehead atoms. The Hall–Kier alpha value is -0.570. The summed E-state index contributed by atoms with van der Waals surface area (Å²) in [6.45, 7) is 9.91. The van der Waals surface area contributed by atoms with Gasteiger partial charge in [0.05, 0.1) is 6.04 Å². The van der Waals surface area contributed by atoms with Crippen LogP contribution >= 0.6 is 0 Å². The van der Waals surface area contributed by atoms with Crippen molar-refractivity contribution in [3.63, 3.8) is 0 Å². The van der Waals surface area contributed by atoms with E-state index in [2.05, 4.69) is 5.32 Å². The summed E-state index contributed by atoms with van der Waals surface area (Å²) in [7, 11) is 0. The molecule has 0 aliphatic carbocycles. The van der Waals surface area contributed by atoms with Gasteiger partial charge in [-0.2, -0.15) is 0 Å². The lowest BCUT2D eigenvalue weighted by atomic mass is 9.87. The third-order valence-corrected chi connectivity index (χ3v) is 2.22. The summed E-state index contributed by atoms with van der Waals surface area (Å²) in [5.74, 6) is -0.0538. The Labute approximate surface area is 81.1 Å². The predicted octanol–water partition coefficient (Wildman–Crippen LogP) is 1.27. The standard InChI is InChI=1S/C10H22N2O/c1-6-7(2)12-9(13)8(11)10(3,4)5/h7-8H,6,11H2,1-5H3,(H,12,13)/t7?,8-/m1/s1. The van der Waals surface area contributed by atoms with Crippen molar-refractivity contribution >= 4 is 5.91 Å². The summed E-state index contributed by atoms with van der Waals surface area (Å²) in [6.07, 6.45) is 0.933. The predicted molar refractivity (Wildman–Crippen MR) is 55.3 cm³/mol.